The molecule has 2 atom stereocenters. The lowest BCUT2D eigenvalue weighted by Crippen LogP contribution is -2.23. The minimum absolute atomic E-state index is 0.0572. The van der Waals surface area contributed by atoms with Crippen molar-refractivity contribution in [2.45, 2.75) is 38.8 Å². The Morgan fingerprint density at radius 3 is 2.67 bits per heavy atom. The molecule has 2 rings (SSSR count). The maximum Gasteiger partial charge on any atom is 0.164 e. The number of rotatable bonds is 2. The Hall–Kier alpha value is -0.840. The van der Waals surface area contributed by atoms with Crippen LogP contribution in [0.15, 0.2) is 16.7 Å². The van der Waals surface area contributed by atoms with Crippen molar-refractivity contribution in [3.63, 3.8) is 0 Å². The lowest BCUT2D eigenvalue weighted by Gasteiger charge is -2.16. The van der Waals surface area contributed by atoms with Crippen LogP contribution in [-0.2, 0) is 9.47 Å². The molecule has 4 nitrogen and oxygen atoms in total. The van der Waals surface area contributed by atoms with Crippen LogP contribution in [0.2, 0.25) is 0 Å². The van der Waals surface area contributed by atoms with Crippen LogP contribution in [0.3, 0.4) is 0 Å². The second-order valence-corrected chi connectivity index (χ2v) is 4.27. The monoisotopic (exact) mass is 212 g/mol. The van der Waals surface area contributed by atoms with Crippen LogP contribution >= 0.6 is 0 Å². The standard InChI is InChI=1S/C11H16O4/c1-7-4-8(6-13-7)10-9(5-12)14-11(2,3)15-10/h4,6,9-10,12H,5H2,1-3H3. The summed E-state index contributed by atoms with van der Waals surface area (Å²) in [6.07, 6.45) is 1.08. The van der Waals surface area contributed by atoms with Gasteiger partial charge in [0.2, 0.25) is 0 Å². The van der Waals surface area contributed by atoms with Crippen molar-refractivity contribution in [3.05, 3.63) is 23.7 Å². The lowest BCUT2D eigenvalue weighted by atomic mass is 10.1. The Labute approximate surface area is 88.8 Å². The highest BCUT2D eigenvalue weighted by Gasteiger charge is 2.42. The predicted octanol–water partition coefficient (Wildman–Crippen LogP) is 1.77. The van der Waals surface area contributed by atoms with Gasteiger partial charge >= 0.3 is 0 Å². The molecule has 1 aromatic rings. The first kappa shape index (κ1) is 10.7. The van der Waals surface area contributed by atoms with E-state index in [0.29, 0.717) is 0 Å². The zero-order valence-corrected chi connectivity index (χ0v) is 9.19. The molecule has 0 bridgehead atoms. The molecule has 1 aliphatic heterocycles. The van der Waals surface area contributed by atoms with Crippen LogP contribution in [0.25, 0.3) is 0 Å². The average molecular weight is 212 g/mol. The topological polar surface area (TPSA) is 51.8 Å². The third-order valence-electron chi connectivity index (χ3n) is 2.44. The van der Waals surface area contributed by atoms with Crippen LogP contribution in [0.1, 0.15) is 31.3 Å². The quantitative estimate of drug-likeness (QED) is 0.811. The van der Waals surface area contributed by atoms with E-state index in [-0.39, 0.29) is 18.8 Å². The van der Waals surface area contributed by atoms with Gasteiger partial charge in [-0.05, 0) is 26.8 Å². The van der Waals surface area contributed by atoms with E-state index in [4.69, 9.17) is 13.9 Å². The van der Waals surface area contributed by atoms with Gasteiger partial charge in [-0.15, -0.1) is 0 Å². The zero-order chi connectivity index (χ0) is 11.1. The van der Waals surface area contributed by atoms with E-state index in [1.54, 1.807) is 6.26 Å². The molecule has 1 aromatic heterocycles. The molecule has 0 aliphatic carbocycles. The molecule has 1 N–H and O–H groups in total. The highest BCUT2D eigenvalue weighted by atomic mass is 16.8. The summed E-state index contributed by atoms with van der Waals surface area (Å²) in [7, 11) is 0. The van der Waals surface area contributed by atoms with E-state index < -0.39 is 5.79 Å². The SMILES string of the molecule is Cc1cc(C2OC(C)(C)OC2CO)co1. The Morgan fingerprint density at radius 2 is 2.13 bits per heavy atom. The molecular formula is C11H16O4. The van der Waals surface area contributed by atoms with E-state index in [2.05, 4.69) is 0 Å². The number of aliphatic hydroxyl groups excluding tert-OH is 1. The molecular weight excluding hydrogens is 196 g/mol. The van der Waals surface area contributed by atoms with Gasteiger partial charge in [-0.2, -0.15) is 0 Å². The third-order valence-corrected chi connectivity index (χ3v) is 2.44. The van der Waals surface area contributed by atoms with Gasteiger partial charge in [-0.25, -0.2) is 0 Å². The smallest absolute Gasteiger partial charge is 0.164 e. The van der Waals surface area contributed by atoms with E-state index >= 15 is 0 Å². The van der Waals surface area contributed by atoms with Crippen LogP contribution in [-0.4, -0.2) is 23.6 Å². The van der Waals surface area contributed by atoms with Crippen molar-refractivity contribution in [2.75, 3.05) is 6.61 Å². The predicted molar refractivity (Wildman–Crippen MR) is 53.3 cm³/mol. The first-order chi connectivity index (χ1) is 7.02. The van der Waals surface area contributed by atoms with E-state index in [1.807, 2.05) is 26.8 Å². The summed E-state index contributed by atoms with van der Waals surface area (Å²) < 4.78 is 16.5. The van der Waals surface area contributed by atoms with Crippen LogP contribution in [0.5, 0.6) is 0 Å². The fourth-order valence-corrected chi connectivity index (χ4v) is 1.86. The molecule has 2 unspecified atom stereocenters. The summed E-state index contributed by atoms with van der Waals surface area (Å²) in [4.78, 5) is 0. The number of aryl methyl sites for hydroxylation is 1. The van der Waals surface area contributed by atoms with Crippen LogP contribution in [0, 0.1) is 6.92 Å². The molecule has 1 saturated heterocycles. The third kappa shape index (κ3) is 2.07. The summed E-state index contributed by atoms with van der Waals surface area (Å²) in [6, 6.07) is 1.90. The van der Waals surface area contributed by atoms with Gasteiger partial charge in [0.15, 0.2) is 5.79 Å². The zero-order valence-electron chi connectivity index (χ0n) is 9.19. The molecule has 0 spiro atoms. The van der Waals surface area contributed by atoms with E-state index in [1.165, 1.54) is 0 Å². The first-order valence-corrected chi connectivity index (χ1v) is 5.03. The number of aliphatic hydroxyl groups is 1. The van der Waals surface area contributed by atoms with Gasteiger partial charge in [0.05, 0.1) is 12.9 Å². The van der Waals surface area contributed by atoms with Gasteiger partial charge in [-0.1, -0.05) is 0 Å². The Balaban J connectivity index is 2.21. The van der Waals surface area contributed by atoms with Gasteiger partial charge in [-0.3, -0.25) is 0 Å². The molecule has 1 fully saturated rings. The Morgan fingerprint density at radius 1 is 1.40 bits per heavy atom. The summed E-state index contributed by atoms with van der Waals surface area (Å²) in [6.45, 7) is 5.49. The number of hydrogen-bond acceptors (Lipinski definition) is 4. The maximum absolute atomic E-state index is 9.20. The summed E-state index contributed by atoms with van der Waals surface area (Å²) in [5.41, 5.74) is 0.914. The van der Waals surface area contributed by atoms with Crippen LogP contribution in [0.4, 0.5) is 0 Å². The Kier molecular flexibility index (Phi) is 2.58. The van der Waals surface area contributed by atoms with Crippen molar-refractivity contribution >= 4 is 0 Å². The van der Waals surface area contributed by atoms with Gasteiger partial charge in [0.25, 0.3) is 0 Å². The van der Waals surface area contributed by atoms with Crippen LogP contribution < -0.4 is 0 Å². The molecule has 0 saturated carbocycles. The fourth-order valence-electron chi connectivity index (χ4n) is 1.86. The molecule has 0 amide bonds. The summed E-state index contributed by atoms with van der Waals surface area (Å²) in [5, 5.41) is 9.20. The van der Waals surface area contributed by atoms with Crippen molar-refractivity contribution < 1.29 is 19.0 Å². The molecule has 1 aliphatic rings. The van der Waals surface area contributed by atoms with E-state index in [0.717, 1.165) is 11.3 Å². The van der Waals surface area contributed by atoms with Crippen molar-refractivity contribution in [2.24, 2.45) is 0 Å². The summed E-state index contributed by atoms with van der Waals surface area (Å²) >= 11 is 0. The maximum atomic E-state index is 9.20. The molecule has 0 aromatic carbocycles. The highest BCUT2D eigenvalue weighted by Crippen LogP contribution is 2.38. The van der Waals surface area contributed by atoms with E-state index in [9.17, 15) is 5.11 Å². The fraction of sp³-hybridized carbons (Fsp3) is 0.636. The second-order valence-electron chi connectivity index (χ2n) is 4.27. The Bertz CT molecular complexity index is 342. The normalized spacial score (nSPS) is 29.6. The number of ether oxygens (including phenoxy) is 2. The minimum Gasteiger partial charge on any atom is -0.469 e. The van der Waals surface area contributed by atoms with Crippen molar-refractivity contribution in [3.8, 4) is 0 Å². The number of hydrogen-bond donors (Lipinski definition) is 1. The van der Waals surface area contributed by atoms with Crippen molar-refractivity contribution in [1.29, 1.82) is 0 Å². The average Bonchev–Trinajstić information content (AvgIpc) is 2.69. The van der Waals surface area contributed by atoms with Gasteiger partial charge < -0.3 is 19.0 Å². The molecule has 84 valence electrons. The second kappa shape index (κ2) is 3.63. The van der Waals surface area contributed by atoms with Gasteiger partial charge in [0, 0.05) is 5.56 Å². The number of furan rings is 1. The molecule has 0 radical (unpaired) electrons. The van der Waals surface area contributed by atoms with Gasteiger partial charge in [0.1, 0.15) is 18.0 Å². The molecule has 15 heavy (non-hydrogen) atoms. The largest absolute Gasteiger partial charge is 0.469 e. The highest BCUT2D eigenvalue weighted by molar-refractivity contribution is 5.17. The summed E-state index contributed by atoms with van der Waals surface area (Å²) in [5.74, 6) is 0.179. The van der Waals surface area contributed by atoms with Crippen molar-refractivity contribution in [1.82, 2.24) is 0 Å². The lowest BCUT2D eigenvalue weighted by molar-refractivity contribution is -0.149. The molecule has 2 heterocycles. The molecule has 4 heteroatoms. The minimum atomic E-state index is -0.650. The first-order valence-electron chi connectivity index (χ1n) is 5.03.